The van der Waals surface area contributed by atoms with Gasteiger partial charge in [0, 0.05) is 5.69 Å². The van der Waals surface area contributed by atoms with Gasteiger partial charge in [-0.1, -0.05) is 18.2 Å². The van der Waals surface area contributed by atoms with Crippen molar-refractivity contribution in [1.82, 2.24) is 0 Å². The quantitative estimate of drug-likeness (QED) is 0.736. The molecule has 1 aromatic rings. The largest absolute Gasteiger partial charge is 0.393 e. The van der Waals surface area contributed by atoms with E-state index in [1.807, 2.05) is 18.2 Å². The molecule has 3 heteroatoms. The first kappa shape index (κ1) is 9.74. The second kappa shape index (κ2) is 4.62. The lowest BCUT2D eigenvalue weighted by molar-refractivity contribution is -0.117. The summed E-state index contributed by atoms with van der Waals surface area (Å²) < 4.78 is 0. The number of para-hydroxylation sites is 1. The van der Waals surface area contributed by atoms with Crippen LogP contribution in [0.15, 0.2) is 30.3 Å². The van der Waals surface area contributed by atoms with Crippen molar-refractivity contribution in [3.8, 4) is 0 Å². The standard InChI is InChI=1S/C10H13NO2/c1-8(12)7-10(13)11-9-5-3-2-4-6-9/h2-6,8,12H,7H2,1H3,(H,11,13)/t8-/m1/s1. The Balaban J connectivity index is 2.46. The van der Waals surface area contributed by atoms with Crippen molar-refractivity contribution in [2.45, 2.75) is 19.4 Å². The molecule has 1 aromatic carbocycles. The van der Waals surface area contributed by atoms with Crippen molar-refractivity contribution in [2.75, 3.05) is 5.32 Å². The molecule has 0 spiro atoms. The number of rotatable bonds is 3. The fraction of sp³-hybridized carbons (Fsp3) is 0.300. The Kier molecular flexibility index (Phi) is 3.46. The second-order valence-electron chi connectivity index (χ2n) is 2.97. The van der Waals surface area contributed by atoms with Gasteiger partial charge in [0.05, 0.1) is 12.5 Å². The van der Waals surface area contributed by atoms with Crippen molar-refractivity contribution >= 4 is 11.6 Å². The highest BCUT2D eigenvalue weighted by Gasteiger charge is 2.05. The first-order chi connectivity index (χ1) is 6.18. The minimum atomic E-state index is -0.594. The average Bonchev–Trinajstić information content (AvgIpc) is 2.04. The van der Waals surface area contributed by atoms with Gasteiger partial charge in [0.15, 0.2) is 0 Å². The number of aliphatic hydroxyl groups is 1. The van der Waals surface area contributed by atoms with E-state index in [4.69, 9.17) is 5.11 Å². The van der Waals surface area contributed by atoms with Gasteiger partial charge in [0.1, 0.15) is 0 Å². The number of anilines is 1. The molecule has 70 valence electrons. The lowest BCUT2D eigenvalue weighted by Crippen LogP contribution is -2.17. The Morgan fingerprint density at radius 2 is 2.08 bits per heavy atom. The van der Waals surface area contributed by atoms with Gasteiger partial charge >= 0.3 is 0 Å². The fourth-order valence-corrected chi connectivity index (χ4v) is 1.00. The highest BCUT2D eigenvalue weighted by molar-refractivity contribution is 5.90. The zero-order chi connectivity index (χ0) is 9.68. The molecule has 0 bridgehead atoms. The Labute approximate surface area is 77.4 Å². The molecular weight excluding hydrogens is 166 g/mol. The van der Waals surface area contributed by atoms with E-state index in [0.717, 1.165) is 5.69 Å². The second-order valence-corrected chi connectivity index (χ2v) is 2.97. The van der Waals surface area contributed by atoms with Gasteiger partial charge in [-0.2, -0.15) is 0 Å². The highest BCUT2D eigenvalue weighted by Crippen LogP contribution is 2.05. The molecule has 3 nitrogen and oxygen atoms in total. The summed E-state index contributed by atoms with van der Waals surface area (Å²) in [5.74, 6) is -0.166. The van der Waals surface area contributed by atoms with Gasteiger partial charge in [-0.15, -0.1) is 0 Å². The van der Waals surface area contributed by atoms with Crippen LogP contribution in [0.5, 0.6) is 0 Å². The topological polar surface area (TPSA) is 49.3 Å². The van der Waals surface area contributed by atoms with Crippen molar-refractivity contribution in [3.63, 3.8) is 0 Å². The first-order valence-corrected chi connectivity index (χ1v) is 4.21. The summed E-state index contributed by atoms with van der Waals surface area (Å²) in [6, 6.07) is 9.18. The van der Waals surface area contributed by atoms with E-state index in [0.29, 0.717) is 0 Å². The number of hydrogen-bond donors (Lipinski definition) is 2. The summed E-state index contributed by atoms with van der Waals surface area (Å²) in [6.07, 6.45) is -0.460. The van der Waals surface area contributed by atoms with Crippen molar-refractivity contribution in [2.24, 2.45) is 0 Å². The van der Waals surface area contributed by atoms with E-state index in [2.05, 4.69) is 5.32 Å². The minimum absolute atomic E-state index is 0.134. The Morgan fingerprint density at radius 3 is 2.62 bits per heavy atom. The summed E-state index contributed by atoms with van der Waals surface area (Å²) in [5.41, 5.74) is 0.758. The lowest BCUT2D eigenvalue weighted by Gasteiger charge is -2.05. The molecule has 0 saturated heterocycles. The minimum Gasteiger partial charge on any atom is -0.393 e. The van der Waals surface area contributed by atoms with Crippen LogP contribution < -0.4 is 5.32 Å². The molecule has 0 aliphatic carbocycles. The number of carbonyl (C=O) groups is 1. The Morgan fingerprint density at radius 1 is 1.46 bits per heavy atom. The van der Waals surface area contributed by atoms with Crippen LogP contribution in [0.4, 0.5) is 5.69 Å². The van der Waals surface area contributed by atoms with Gasteiger partial charge in [0.2, 0.25) is 5.91 Å². The molecule has 13 heavy (non-hydrogen) atoms. The van der Waals surface area contributed by atoms with Gasteiger partial charge in [-0.05, 0) is 19.1 Å². The molecule has 0 radical (unpaired) electrons. The number of nitrogens with one attached hydrogen (secondary N) is 1. The van der Waals surface area contributed by atoms with E-state index < -0.39 is 6.10 Å². The van der Waals surface area contributed by atoms with Crippen LogP contribution in [0, 0.1) is 0 Å². The maximum atomic E-state index is 11.2. The smallest absolute Gasteiger partial charge is 0.226 e. The molecule has 1 amide bonds. The summed E-state index contributed by atoms with van der Waals surface area (Å²) in [4.78, 5) is 11.2. The molecular formula is C10H13NO2. The molecule has 2 N–H and O–H groups in total. The zero-order valence-corrected chi connectivity index (χ0v) is 7.53. The van der Waals surface area contributed by atoms with E-state index >= 15 is 0 Å². The third kappa shape index (κ3) is 3.71. The van der Waals surface area contributed by atoms with Crippen LogP contribution in [0.2, 0.25) is 0 Å². The van der Waals surface area contributed by atoms with E-state index in [-0.39, 0.29) is 12.3 Å². The normalized spacial score (nSPS) is 12.2. The number of amides is 1. The summed E-state index contributed by atoms with van der Waals surface area (Å²) in [6.45, 7) is 1.59. The van der Waals surface area contributed by atoms with Crippen LogP contribution in [0.1, 0.15) is 13.3 Å². The third-order valence-electron chi connectivity index (χ3n) is 1.54. The third-order valence-corrected chi connectivity index (χ3v) is 1.54. The van der Waals surface area contributed by atoms with E-state index in [1.54, 1.807) is 19.1 Å². The van der Waals surface area contributed by atoms with Crippen molar-refractivity contribution in [3.05, 3.63) is 30.3 Å². The molecule has 1 rings (SSSR count). The SMILES string of the molecule is C[C@@H](O)CC(=O)Nc1ccccc1. The molecule has 0 aliphatic rings. The number of benzene rings is 1. The molecule has 1 atom stereocenters. The zero-order valence-electron chi connectivity index (χ0n) is 7.53. The Bertz CT molecular complexity index is 270. The predicted molar refractivity (Wildman–Crippen MR) is 51.4 cm³/mol. The Hall–Kier alpha value is -1.35. The maximum absolute atomic E-state index is 11.2. The fourth-order valence-electron chi connectivity index (χ4n) is 1.00. The molecule has 0 fully saturated rings. The number of carbonyl (C=O) groups excluding carboxylic acids is 1. The van der Waals surface area contributed by atoms with E-state index in [9.17, 15) is 4.79 Å². The molecule has 0 heterocycles. The van der Waals surface area contributed by atoms with Gasteiger partial charge < -0.3 is 10.4 Å². The van der Waals surface area contributed by atoms with Crippen molar-refractivity contribution < 1.29 is 9.90 Å². The number of aliphatic hydroxyl groups excluding tert-OH is 1. The molecule has 0 saturated carbocycles. The maximum Gasteiger partial charge on any atom is 0.226 e. The lowest BCUT2D eigenvalue weighted by atomic mass is 10.2. The van der Waals surface area contributed by atoms with Crippen LogP contribution in [-0.4, -0.2) is 17.1 Å². The van der Waals surface area contributed by atoms with Gasteiger partial charge in [-0.25, -0.2) is 0 Å². The predicted octanol–water partition coefficient (Wildman–Crippen LogP) is 1.40. The van der Waals surface area contributed by atoms with Crippen LogP contribution in [0.3, 0.4) is 0 Å². The molecule has 0 unspecified atom stereocenters. The van der Waals surface area contributed by atoms with Crippen LogP contribution >= 0.6 is 0 Å². The summed E-state index contributed by atoms with van der Waals surface area (Å²) in [5, 5.41) is 11.6. The highest BCUT2D eigenvalue weighted by atomic mass is 16.3. The summed E-state index contributed by atoms with van der Waals surface area (Å²) >= 11 is 0. The van der Waals surface area contributed by atoms with Crippen LogP contribution in [0.25, 0.3) is 0 Å². The van der Waals surface area contributed by atoms with Crippen molar-refractivity contribution in [1.29, 1.82) is 0 Å². The first-order valence-electron chi connectivity index (χ1n) is 4.21. The van der Waals surface area contributed by atoms with Gasteiger partial charge in [0.25, 0.3) is 0 Å². The van der Waals surface area contributed by atoms with E-state index in [1.165, 1.54) is 0 Å². The molecule has 0 aliphatic heterocycles. The average molecular weight is 179 g/mol. The molecule has 0 aromatic heterocycles. The number of hydrogen-bond acceptors (Lipinski definition) is 2. The monoisotopic (exact) mass is 179 g/mol. The summed E-state index contributed by atoms with van der Waals surface area (Å²) in [7, 11) is 0. The van der Waals surface area contributed by atoms with Crippen LogP contribution in [-0.2, 0) is 4.79 Å². The van der Waals surface area contributed by atoms with Gasteiger partial charge in [-0.3, -0.25) is 4.79 Å².